The highest BCUT2D eigenvalue weighted by atomic mass is 16.4. The van der Waals surface area contributed by atoms with Gasteiger partial charge < -0.3 is 5.11 Å². The molecule has 58 valence electrons. The zero-order valence-corrected chi connectivity index (χ0v) is 5.77. The number of fused-ring (bicyclic) bond motifs is 1. The summed E-state index contributed by atoms with van der Waals surface area (Å²) in [6.07, 6.45) is 3.02. The number of hydrogen-bond acceptors (Lipinski definition) is 3. The van der Waals surface area contributed by atoms with Gasteiger partial charge in [-0.2, -0.15) is 0 Å². The minimum Gasteiger partial charge on any atom is -0.480 e. The van der Waals surface area contributed by atoms with Crippen LogP contribution in [0.5, 0.6) is 0 Å². The highest BCUT2D eigenvalue weighted by Crippen LogP contribution is 2.23. The minimum absolute atomic E-state index is 0.493. The van der Waals surface area contributed by atoms with Gasteiger partial charge in [0, 0.05) is 0 Å². The summed E-state index contributed by atoms with van der Waals surface area (Å²) < 4.78 is 1.47. The minimum atomic E-state index is -0.825. The van der Waals surface area contributed by atoms with Crippen molar-refractivity contribution < 1.29 is 9.90 Å². The number of hydrogen-bond donors (Lipinski definition) is 1. The van der Waals surface area contributed by atoms with E-state index in [0.717, 1.165) is 12.1 Å². The monoisotopic (exact) mass is 153 g/mol. The lowest BCUT2D eigenvalue weighted by Gasteiger charge is -2.02. The summed E-state index contributed by atoms with van der Waals surface area (Å²) in [4.78, 5) is 10.6. The van der Waals surface area contributed by atoms with Crippen LogP contribution < -0.4 is 0 Å². The number of carboxylic acids is 1. The molecular weight excluding hydrogens is 146 g/mol. The molecule has 5 nitrogen and oxygen atoms in total. The second kappa shape index (κ2) is 2.05. The van der Waals surface area contributed by atoms with Crippen molar-refractivity contribution in [2.75, 3.05) is 0 Å². The number of carboxylic acid groups (broad SMARTS) is 1. The third kappa shape index (κ3) is 0.806. The first kappa shape index (κ1) is 6.33. The van der Waals surface area contributed by atoms with Gasteiger partial charge in [0.1, 0.15) is 0 Å². The third-order valence-corrected chi connectivity index (χ3v) is 1.90. The van der Waals surface area contributed by atoms with Crippen molar-refractivity contribution in [2.45, 2.75) is 18.9 Å². The van der Waals surface area contributed by atoms with Crippen molar-refractivity contribution in [3.8, 4) is 0 Å². The molecule has 0 aliphatic carbocycles. The van der Waals surface area contributed by atoms with Crippen LogP contribution in [0.3, 0.4) is 0 Å². The van der Waals surface area contributed by atoms with E-state index in [1.165, 1.54) is 4.68 Å². The lowest BCUT2D eigenvalue weighted by Crippen LogP contribution is -2.16. The lowest BCUT2D eigenvalue weighted by molar-refractivity contribution is -0.141. The highest BCUT2D eigenvalue weighted by Gasteiger charge is 2.28. The standard InChI is InChI=1S/C6H7N3O2/c10-6(11)5-2-1-4-3-7-8-9(4)5/h3,5H,1-2H2,(H,10,11)/t5-/m1/s1. The summed E-state index contributed by atoms with van der Waals surface area (Å²) in [7, 11) is 0. The van der Waals surface area contributed by atoms with Crippen LogP contribution in [-0.4, -0.2) is 26.1 Å². The van der Waals surface area contributed by atoms with Crippen molar-refractivity contribution in [1.82, 2.24) is 15.0 Å². The van der Waals surface area contributed by atoms with Gasteiger partial charge in [-0.3, -0.25) is 0 Å². The predicted octanol–water partition coefficient (Wildman–Crippen LogP) is -0.150. The Bertz CT molecular complexity index is 294. The van der Waals surface area contributed by atoms with Crippen molar-refractivity contribution in [3.05, 3.63) is 11.9 Å². The molecule has 0 fully saturated rings. The Hall–Kier alpha value is -1.39. The highest BCUT2D eigenvalue weighted by molar-refractivity contribution is 5.72. The molecule has 0 aromatic carbocycles. The Labute approximate surface area is 62.6 Å². The van der Waals surface area contributed by atoms with Crippen LogP contribution in [0.1, 0.15) is 18.2 Å². The fraction of sp³-hybridized carbons (Fsp3) is 0.500. The van der Waals surface area contributed by atoms with E-state index >= 15 is 0 Å². The maximum Gasteiger partial charge on any atom is 0.328 e. The molecule has 11 heavy (non-hydrogen) atoms. The molecule has 0 saturated heterocycles. The molecule has 0 radical (unpaired) electrons. The Morgan fingerprint density at radius 1 is 1.82 bits per heavy atom. The van der Waals surface area contributed by atoms with Gasteiger partial charge in [-0.25, -0.2) is 9.48 Å². The van der Waals surface area contributed by atoms with Crippen LogP contribution in [0.2, 0.25) is 0 Å². The van der Waals surface area contributed by atoms with Gasteiger partial charge in [-0.05, 0) is 12.8 Å². The molecule has 0 amide bonds. The van der Waals surface area contributed by atoms with E-state index in [-0.39, 0.29) is 0 Å². The number of carbonyl (C=O) groups is 1. The first-order chi connectivity index (χ1) is 5.29. The van der Waals surface area contributed by atoms with Crippen LogP contribution in [-0.2, 0) is 11.2 Å². The molecule has 1 atom stereocenters. The van der Waals surface area contributed by atoms with E-state index in [9.17, 15) is 4.79 Å². The second-order valence-electron chi connectivity index (χ2n) is 2.56. The van der Waals surface area contributed by atoms with E-state index in [2.05, 4.69) is 10.3 Å². The van der Waals surface area contributed by atoms with Gasteiger partial charge in [-0.1, -0.05) is 5.21 Å². The SMILES string of the molecule is O=C(O)[C@H]1CCc2cnnn21. The molecule has 1 aromatic rings. The van der Waals surface area contributed by atoms with E-state index in [0.29, 0.717) is 6.42 Å². The molecule has 1 N–H and O–H groups in total. The molecule has 0 spiro atoms. The van der Waals surface area contributed by atoms with Gasteiger partial charge in [-0.15, -0.1) is 5.10 Å². The van der Waals surface area contributed by atoms with Crippen molar-refractivity contribution >= 4 is 5.97 Å². The molecule has 0 bridgehead atoms. The molecule has 1 aromatic heterocycles. The van der Waals surface area contributed by atoms with Crippen LogP contribution in [0.4, 0.5) is 0 Å². The smallest absolute Gasteiger partial charge is 0.328 e. The molecule has 0 unspecified atom stereocenters. The van der Waals surface area contributed by atoms with Gasteiger partial charge in [0.25, 0.3) is 0 Å². The topological polar surface area (TPSA) is 68.0 Å². The normalized spacial score (nSPS) is 21.6. The zero-order chi connectivity index (χ0) is 7.84. The van der Waals surface area contributed by atoms with Crippen LogP contribution in [0.15, 0.2) is 6.20 Å². The summed E-state index contributed by atoms with van der Waals surface area (Å²) in [5.41, 5.74) is 0.914. The number of nitrogens with zero attached hydrogens (tertiary/aromatic N) is 3. The summed E-state index contributed by atoms with van der Waals surface area (Å²) in [5, 5.41) is 16.0. The fourth-order valence-corrected chi connectivity index (χ4v) is 1.34. The molecule has 5 heteroatoms. The average molecular weight is 153 g/mol. The molecule has 2 heterocycles. The Morgan fingerprint density at radius 3 is 3.36 bits per heavy atom. The van der Waals surface area contributed by atoms with Crippen molar-refractivity contribution in [3.63, 3.8) is 0 Å². The number of aryl methyl sites for hydroxylation is 1. The van der Waals surface area contributed by atoms with Crippen LogP contribution in [0.25, 0.3) is 0 Å². The third-order valence-electron chi connectivity index (χ3n) is 1.90. The molecule has 0 saturated carbocycles. The quantitative estimate of drug-likeness (QED) is 0.609. The molecule has 2 rings (SSSR count). The number of aliphatic carboxylic acids is 1. The average Bonchev–Trinajstić information content (AvgIpc) is 2.41. The first-order valence-corrected chi connectivity index (χ1v) is 3.41. The van der Waals surface area contributed by atoms with Crippen molar-refractivity contribution in [2.24, 2.45) is 0 Å². The number of rotatable bonds is 1. The molecule has 1 aliphatic heterocycles. The lowest BCUT2D eigenvalue weighted by atomic mass is 10.2. The van der Waals surface area contributed by atoms with Crippen LogP contribution >= 0.6 is 0 Å². The second-order valence-corrected chi connectivity index (χ2v) is 2.56. The summed E-state index contributed by atoms with van der Waals surface area (Å²) in [6, 6.07) is -0.493. The Balaban J connectivity index is 2.38. The van der Waals surface area contributed by atoms with E-state index in [1.807, 2.05) is 0 Å². The van der Waals surface area contributed by atoms with Gasteiger partial charge in [0.05, 0.1) is 11.9 Å². The number of aromatic nitrogens is 3. The predicted molar refractivity (Wildman–Crippen MR) is 35.0 cm³/mol. The zero-order valence-electron chi connectivity index (χ0n) is 5.77. The maximum absolute atomic E-state index is 10.6. The summed E-state index contributed by atoms with van der Waals surface area (Å²) >= 11 is 0. The summed E-state index contributed by atoms with van der Waals surface area (Å²) in [6.45, 7) is 0. The van der Waals surface area contributed by atoms with Crippen LogP contribution in [0, 0.1) is 0 Å². The van der Waals surface area contributed by atoms with Crippen molar-refractivity contribution in [1.29, 1.82) is 0 Å². The van der Waals surface area contributed by atoms with Gasteiger partial charge in [0.2, 0.25) is 0 Å². The Morgan fingerprint density at radius 2 is 2.64 bits per heavy atom. The Kier molecular flexibility index (Phi) is 1.18. The first-order valence-electron chi connectivity index (χ1n) is 3.41. The van der Waals surface area contributed by atoms with E-state index < -0.39 is 12.0 Å². The molecular formula is C6H7N3O2. The van der Waals surface area contributed by atoms with Gasteiger partial charge >= 0.3 is 5.97 Å². The summed E-state index contributed by atoms with van der Waals surface area (Å²) in [5.74, 6) is -0.825. The van der Waals surface area contributed by atoms with E-state index in [4.69, 9.17) is 5.11 Å². The van der Waals surface area contributed by atoms with E-state index in [1.54, 1.807) is 6.20 Å². The largest absolute Gasteiger partial charge is 0.480 e. The maximum atomic E-state index is 10.6. The van der Waals surface area contributed by atoms with Gasteiger partial charge in [0.15, 0.2) is 6.04 Å². The molecule has 1 aliphatic rings. The fourth-order valence-electron chi connectivity index (χ4n) is 1.34.